The van der Waals surface area contributed by atoms with Crippen molar-refractivity contribution >= 4 is 0 Å². The average Bonchev–Trinajstić information content (AvgIpc) is 2.97. The largest absolute Gasteiger partial charge is 0.396 e. The minimum atomic E-state index is -0.141. The molecule has 0 bridgehead atoms. The molecule has 102 valence electrons. The lowest BCUT2D eigenvalue weighted by molar-refractivity contribution is 0.131. The summed E-state index contributed by atoms with van der Waals surface area (Å²) in [4.78, 5) is 0. The number of aryl methyl sites for hydroxylation is 1. The molecule has 0 aliphatic heterocycles. The minimum absolute atomic E-state index is 0.141. The van der Waals surface area contributed by atoms with Gasteiger partial charge in [-0.05, 0) is 25.2 Å². The van der Waals surface area contributed by atoms with Crippen LogP contribution in [0.5, 0.6) is 0 Å². The number of aliphatic hydroxyl groups is 2. The Kier molecular flexibility index (Phi) is 5.10. The third-order valence-electron chi connectivity index (χ3n) is 3.46. The first-order valence-corrected chi connectivity index (χ1v) is 6.68. The lowest BCUT2D eigenvalue weighted by atomic mass is 10.1. The molecule has 1 aromatic heterocycles. The Morgan fingerprint density at radius 1 is 1.44 bits per heavy atom. The molecule has 6 heteroatoms. The van der Waals surface area contributed by atoms with Crippen LogP contribution < -0.4 is 5.32 Å². The van der Waals surface area contributed by atoms with E-state index in [9.17, 15) is 5.11 Å². The second-order valence-electron chi connectivity index (χ2n) is 4.94. The monoisotopic (exact) mass is 254 g/mol. The third-order valence-corrected chi connectivity index (χ3v) is 3.46. The molecule has 3 N–H and O–H groups in total. The average molecular weight is 254 g/mol. The van der Waals surface area contributed by atoms with E-state index in [0.717, 1.165) is 31.5 Å². The molecule has 1 fully saturated rings. The molecule has 1 aromatic rings. The molecule has 1 heterocycles. The van der Waals surface area contributed by atoms with E-state index >= 15 is 0 Å². The highest BCUT2D eigenvalue weighted by atomic mass is 16.3. The molecule has 2 rings (SSSR count). The number of hydrogen-bond acceptors (Lipinski definition) is 5. The number of aromatic nitrogens is 3. The fourth-order valence-electron chi connectivity index (χ4n) is 2.40. The van der Waals surface area contributed by atoms with Crippen molar-refractivity contribution in [1.82, 2.24) is 20.3 Å². The van der Waals surface area contributed by atoms with Crippen molar-refractivity contribution in [3.8, 4) is 0 Å². The minimum Gasteiger partial charge on any atom is -0.396 e. The third kappa shape index (κ3) is 3.76. The highest BCUT2D eigenvalue weighted by molar-refractivity contribution is 4.92. The van der Waals surface area contributed by atoms with Gasteiger partial charge in [-0.1, -0.05) is 11.6 Å². The highest BCUT2D eigenvalue weighted by Gasteiger charge is 2.24. The quantitative estimate of drug-likeness (QED) is 0.633. The number of nitrogens with one attached hydrogen (secondary N) is 1. The second kappa shape index (κ2) is 6.82. The summed E-state index contributed by atoms with van der Waals surface area (Å²) in [5, 5.41) is 29.8. The number of hydrogen-bond donors (Lipinski definition) is 3. The van der Waals surface area contributed by atoms with Gasteiger partial charge in [0.2, 0.25) is 0 Å². The van der Waals surface area contributed by atoms with Gasteiger partial charge in [-0.25, -0.2) is 0 Å². The fraction of sp³-hybridized carbons (Fsp3) is 0.833. The zero-order valence-electron chi connectivity index (χ0n) is 10.6. The van der Waals surface area contributed by atoms with Crippen LogP contribution in [-0.2, 0) is 13.1 Å². The molecular weight excluding hydrogens is 232 g/mol. The maximum absolute atomic E-state index is 9.69. The Hall–Kier alpha value is -0.980. The van der Waals surface area contributed by atoms with Crippen molar-refractivity contribution in [3.63, 3.8) is 0 Å². The van der Waals surface area contributed by atoms with Crippen molar-refractivity contribution in [2.45, 2.75) is 44.9 Å². The Morgan fingerprint density at radius 3 is 3.06 bits per heavy atom. The molecule has 0 amide bonds. The van der Waals surface area contributed by atoms with Crippen LogP contribution in [0.4, 0.5) is 0 Å². The topological polar surface area (TPSA) is 83.2 Å². The van der Waals surface area contributed by atoms with Crippen LogP contribution in [0.15, 0.2) is 6.20 Å². The van der Waals surface area contributed by atoms with Crippen LogP contribution >= 0.6 is 0 Å². The number of aliphatic hydroxyl groups excluding tert-OH is 2. The van der Waals surface area contributed by atoms with Gasteiger partial charge in [0.05, 0.1) is 11.8 Å². The van der Waals surface area contributed by atoms with Crippen molar-refractivity contribution in [3.05, 3.63) is 11.9 Å². The molecule has 1 aliphatic carbocycles. The van der Waals surface area contributed by atoms with E-state index in [1.807, 2.05) is 6.20 Å². The Bertz CT molecular complexity index is 356. The summed E-state index contributed by atoms with van der Waals surface area (Å²) in [6.45, 7) is 2.39. The molecule has 0 radical (unpaired) electrons. The van der Waals surface area contributed by atoms with Gasteiger partial charge in [0.25, 0.3) is 0 Å². The van der Waals surface area contributed by atoms with E-state index in [1.54, 1.807) is 4.68 Å². The molecule has 0 saturated heterocycles. The molecule has 2 unspecified atom stereocenters. The molecule has 0 aromatic carbocycles. The van der Waals surface area contributed by atoms with E-state index in [4.69, 9.17) is 5.11 Å². The number of rotatable bonds is 7. The molecule has 1 saturated carbocycles. The maximum atomic E-state index is 9.69. The lowest BCUT2D eigenvalue weighted by Gasteiger charge is -2.14. The van der Waals surface area contributed by atoms with Gasteiger partial charge in [0, 0.05) is 32.4 Å². The molecule has 6 nitrogen and oxygen atoms in total. The molecule has 18 heavy (non-hydrogen) atoms. The summed E-state index contributed by atoms with van der Waals surface area (Å²) in [6, 6.07) is 0. The van der Waals surface area contributed by atoms with Crippen molar-refractivity contribution in [1.29, 1.82) is 0 Å². The van der Waals surface area contributed by atoms with E-state index in [-0.39, 0.29) is 12.7 Å². The second-order valence-corrected chi connectivity index (χ2v) is 4.94. The zero-order chi connectivity index (χ0) is 12.8. The number of nitrogens with zero attached hydrogens (tertiary/aromatic N) is 3. The maximum Gasteiger partial charge on any atom is 0.0964 e. The van der Waals surface area contributed by atoms with E-state index in [1.165, 1.54) is 0 Å². The van der Waals surface area contributed by atoms with Crippen LogP contribution in [0.1, 0.15) is 31.4 Å². The SMILES string of the molecule is OCCCn1cc(CNCC2CCCC2O)nn1. The summed E-state index contributed by atoms with van der Waals surface area (Å²) >= 11 is 0. The first-order chi connectivity index (χ1) is 8.79. The van der Waals surface area contributed by atoms with Crippen LogP contribution in [0.25, 0.3) is 0 Å². The smallest absolute Gasteiger partial charge is 0.0964 e. The van der Waals surface area contributed by atoms with E-state index < -0.39 is 0 Å². The standard InChI is InChI=1S/C12H22N4O2/c17-6-2-5-16-9-11(14-15-16)8-13-7-10-3-1-4-12(10)18/h9-10,12-13,17-18H,1-8H2. The Morgan fingerprint density at radius 2 is 2.33 bits per heavy atom. The van der Waals surface area contributed by atoms with Crippen molar-refractivity contribution < 1.29 is 10.2 Å². The van der Waals surface area contributed by atoms with Gasteiger partial charge in [0.15, 0.2) is 0 Å². The van der Waals surface area contributed by atoms with Crippen LogP contribution in [0.2, 0.25) is 0 Å². The fourth-order valence-corrected chi connectivity index (χ4v) is 2.40. The highest BCUT2D eigenvalue weighted by Crippen LogP contribution is 2.24. The lowest BCUT2D eigenvalue weighted by Crippen LogP contribution is -2.27. The van der Waals surface area contributed by atoms with Crippen molar-refractivity contribution in [2.75, 3.05) is 13.2 Å². The zero-order valence-corrected chi connectivity index (χ0v) is 10.6. The van der Waals surface area contributed by atoms with E-state index in [2.05, 4.69) is 15.6 Å². The Labute approximate surface area is 107 Å². The summed E-state index contributed by atoms with van der Waals surface area (Å²) in [7, 11) is 0. The van der Waals surface area contributed by atoms with Gasteiger partial charge >= 0.3 is 0 Å². The van der Waals surface area contributed by atoms with Gasteiger partial charge in [-0.2, -0.15) is 0 Å². The summed E-state index contributed by atoms with van der Waals surface area (Å²) in [5.41, 5.74) is 0.903. The van der Waals surface area contributed by atoms with Gasteiger partial charge in [-0.15, -0.1) is 5.10 Å². The van der Waals surface area contributed by atoms with E-state index in [0.29, 0.717) is 25.4 Å². The van der Waals surface area contributed by atoms with Gasteiger partial charge < -0.3 is 15.5 Å². The van der Waals surface area contributed by atoms with Crippen molar-refractivity contribution in [2.24, 2.45) is 5.92 Å². The van der Waals surface area contributed by atoms with Gasteiger partial charge in [-0.3, -0.25) is 4.68 Å². The molecule has 1 aliphatic rings. The van der Waals surface area contributed by atoms with Crippen LogP contribution in [0, 0.1) is 5.92 Å². The van der Waals surface area contributed by atoms with Crippen LogP contribution in [-0.4, -0.2) is 44.5 Å². The molecule has 0 spiro atoms. The molecular formula is C12H22N4O2. The summed E-state index contributed by atoms with van der Waals surface area (Å²) in [5.74, 6) is 0.384. The Balaban J connectivity index is 1.68. The summed E-state index contributed by atoms with van der Waals surface area (Å²) < 4.78 is 1.75. The molecule has 2 atom stereocenters. The normalized spacial score (nSPS) is 23.7. The first kappa shape index (κ1) is 13.5. The predicted octanol–water partition coefficient (Wildman–Crippen LogP) is -0.0889. The van der Waals surface area contributed by atoms with Crippen LogP contribution in [0.3, 0.4) is 0 Å². The van der Waals surface area contributed by atoms with Gasteiger partial charge in [0.1, 0.15) is 0 Å². The predicted molar refractivity (Wildman–Crippen MR) is 66.8 cm³/mol. The first-order valence-electron chi connectivity index (χ1n) is 6.68. The summed E-state index contributed by atoms with van der Waals surface area (Å²) in [6.07, 6.45) is 5.63.